The topological polar surface area (TPSA) is 8.17 Å². The van der Waals surface area contributed by atoms with Crippen molar-refractivity contribution in [2.24, 2.45) is 0 Å². The third-order valence-electron chi connectivity index (χ3n) is 11.3. The molecular formula is C54H36N2. The van der Waals surface area contributed by atoms with Gasteiger partial charge in [-0.15, -0.1) is 0 Å². The first kappa shape index (κ1) is 32.0. The molecule has 0 fully saturated rings. The van der Waals surface area contributed by atoms with Crippen LogP contribution in [-0.4, -0.2) is 4.57 Å². The molecule has 56 heavy (non-hydrogen) atoms. The van der Waals surface area contributed by atoms with Gasteiger partial charge in [0, 0.05) is 33.5 Å². The zero-order chi connectivity index (χ0) is 37.0. The van der Waals surface area contributed by atoms with Gasteiger partial charge in [0.1, 0.15) is 0 Å². The van der Waals surface area contributed by atoms with Crippen molar-refractivity contribution in [3.05, 3.63) is 218 Å². The smallest absolute Gasteiger partial charge is 0.0561 e. The van der Waals surface area contributed by atoms with Gasteiger partial charge in [-0.25, -0.2) is 0 Å². The van der Waals surface area contributed by atoms with Crippen molar-refractivity contribution < 1.29 is 0 Å². The molecule has 0 aliphatic carbocycles. The number of aromatic nitrogens is 1. The molecule has 0 aliphatic heterocycles. The van der Waals surface area contributed by atoms with E-state index in [0.717, 1.165) is 22.7 Å². The summed E-state index contributed by atoms with van der Waals surface area (Å²) in [5, 5.41) is 9.87. The molecule has 2 nitrogen and oxygen atoms in total. The van der Waals surface area contributed by atoms with Gasteiger partial charge in [0.05, 0.1) is 11.0 Å². The Balaban J connectivity index is 1.01. The van der Waals surface area contributed by atoms with Crippen molar-refractivity contribution in [2.75, 3.05) is 4.90 Å². The Morgan fingerprint density at radius 3 is 1.38 bits per heavy atom. The second-order valence-corrected chi connectivity index (χ2v) is 14.6. The summed E-state index contributed by atoms with van der Waals surface area (Å²) in [5.41, 5.74) is 11.7. The molecule has 0 aliphatic rings. The standard InChI is InChI=1S/C54H36N2/c1-2-14-47(15-3-1)56-53-17-9-8-16-51(53)52-31-30-50(36-54(52)56)55(48-28-26-38-11-5-7-13-42(38)34-48)49-29-27-45-33-44(24-25-46(45)35-49)40-20-18-39(19-21-40)43-23-22-37-10-4-6-12-41(37)32-43/h1-36H. The summed E-state index contributed by atoms with van der Waals surface area (Å²) in [5.74, 6) is 0. The molecule has 0 radical (unpaired) electrons. The van der Waals surface area contributed by atoms with Crippen LogP contribution in [0.2, 0.25) is 0 Å². The zero-order valence-electron chi connectivity index (χ0n) is 30.7. The van der Waals surface area contributed by atoms with E-state index < -0.39 is 0 Å². The van der Waals surface area contributed by atoms with Crippen molar-refractivity contribution in [3.8, 4) is 27.9 Å². The molecule has 2 heteroatoms. The fourth-order valence-electron chi connectivity index (χ4n) is 8.49. The van der Waals surface area contributed by atoms with Gasteiger partial charge >= 0.3 is 0 Å². The van der Waals surface area contributed by atoms with E-state index in [1.807, 2.05) is 0 Å². The van der Waals surface area contributed by atoms with Crippen LogP contribution in [0.3, 0.4) is 0 Å². The number of benzene rings is 10. The minimum Gasteiger partial charge on any atom is -0.310 e. The van der Waals surface area contributed by atoms with Crippen LogP contribution in [0.15, 0.2) is 218 Å². The van der Waals surface area contributed by atoms with Crippen LogP contribution < -0.4 is 4.90 Å². The zero-order valence-corrected chi connectivity index (χ0v) is 30.7. The minimum absolute atomic E-state index is 1.11. The lowest BCUT2D eigenvalue weighted by Gasteiger charge is -2.26. The van der Waals surface area contributed by atoms with Gasteiger partial charge in [0.2, 0.25) is 0 Å². The molecule has 11 aromatic rings. The number of para-hydroxylation sites is 2. The Morgan fingerprint density at radius 1 is 0.268 bits per heavy atom. The van der Waals surface area contributed by atoms with Crippen LogP contribution in [0, 0.1) is 0 Å². The summed E-state index contributed by atoms with van der Waals surface area (Å²) in [7, 11) is 0. The quantitative estimate of drug-likeness (QED) is 0.167. The Labute approximate surface area is 325 Å². The normalized spacial score (nSPS) is 11.6. The summed E-state index contributed by atoms with van der Waals surface area (Å²) >= 11 is 0. The molecule has 1 aromatic heterocycles. The highest BCUT2D eigenvalue weighted by Crippen LogP contribution is 2.41. The summed E-state index contributed by atoms with van der Waals surface area (Å²) in [6, 6.07) is 79.6. The Hall–Kier alpha value is -7.42. The van der Waals surface area contributed by atoms with Crippen LogP contribution in [-0.2, 0) is 0 Å². The maximum absolute atomic E-state index is 2.40. The number of nitrogens with zero attached hydrogens (tertiary/aromatic N) is 2. The lowest BCUT2D eigenvalue weighted by atomic mass is 9.97. The van der Waals surface area contributed by atoms with Crippen molar-refractivity contribution >= 4 is 71.2 Å². The van der Waals surface area contributed by atoms with Gasteiger partial charge in [0.25, 0.3) is 0 Å². The predicted octanol–water partition coefficient (Wildman–Crippen LogP) is 15.0. The Bertz CT molecular complexity index is 3250. The van der Waals surface area contributed by atoms with Crippen LogP contribution in [0.5, 0.6) is 0 Å². The molecule has 1 heterocycles. The van der Waals surface area contributed by atoms with E-state index in [1.165, 1.54) is 76.4 Å². The molecule has 0 N–H and O–H groups in total. The summed E-state index contributed by atoms with van der Waals surface area (Å²) < 4.78 is 2.39. The molecule has 0 saturated heterocycles. The molecule has 0 bridgehead atoms. The number of hydrogen-bond acceptors (Lipinski definition) is 1. The molecule has 10 aromatic carbocycles. The Morgan fingerprint density at radius 2 is 0.696 bits per heavy atom. The number of hydrogen-bond donors (Lipinski definition) is 0. The van der Waals surface area contributed by atoms with E-state index in [2.05, 4.69) is 228 Å². The van der Waals surface area contributed by atoms with Gasteiger partial charge in [0.15, 0.2) is 0 Å². The monoisotopic (exact) mass is 712 g/mol. The molecule has 11 rings (SSSR count). The second-order valence-electron chi connectivity index (χ2n) is 14.6. The van der Waals surface area contributed by atoms with Crippen LogP contribution >= 0.6 is 0 Å². The van der Waals surface area contributed by atoms with E-state index in [9.17, 15) is 0 Å². The van der Waals surface area contributed by atoms with Gasteiger partial charge in [-0.1, -0.05) is 152 Å². The first-order valence-electron chi connectivity index (χ1n) is 19.2. The molecule has 0 spiro atoms. The average molecular weight is 713 g/mol. The van der Waals surface area contributed by atoms with Crippen LogP contribution in [0.1, 0.15) is 0 Å². The summed E-state index contributed by atoms with van der Waals surface area (Å²) in [6.45, 7) is 0. The fraction of sp³-hybridized carbons (Fsp3) is 0. The molecular weight excluding hydrogens is 677 g/mol. The highest BCUT2D eigenvalue weighted by molar-refractivity contribution is 6.10. The highest BCUT2D eigenvalue weighted by Gasteiger charge is 2.18. The maximum Gasteiger partial charge on any atom is 0.0561 e. The predicted molar refractivity (Wildman–Crippen MR) is 239 cm³/mol. The molecule has 262 valence electrons. The summed E-state index contributed by atoms with van der Waals surface area (Å²) in [6.07, 6.45) is 0. The van der Waals surface area contributed by atoms with Crippen molar-refractivity contribution in [3.63, 3.8) is 0 Å². The van der Waals surface area contributed by atoms with Gasteiger partial charge < -0.3 is 9.47 Å². The lowest BCUT2D eigenvalue weighted by molar-refractivity contribution is 1.18. The largest absolute Gasteiger partial charge is 0.310 e. The van der Waals surface area contributed by atoms with E-state index in [0.29, 0.717) is 0 Å². The number of anilines is 3. The van der Waals surface area contributed by atoms with E-state index in [4.69, 9.17) is 0 Å². The average Bonchev–Trinajstić information content (AvgIpc) is 3.60. The minimum atomic E-state index is 1.11. The first-order valence-corrected chi connectivity index (χ1v) is 19.2. The Kier molecular flexibility index (Phi) is 7.53. The van der Waals surface area contributed by atoms with Gasteiger partial charge in [-0.2, -0.15) is 0 Å². The first-order chi connectivity index (χ1) is 27.7. The number of rotatable bonds is 6. The lowest BCUT2D eigenvalue weighted by Crippen LogP contribution is -2.10. The third-order valence-corrected chi connectivity index (χ3v) is 11.3. The molecule has 0 saturated carbocycles. The second kappa shape index (κ2) is 13.2. The SMILES string of the molecule is c1ccc(-n2c3ccccc3c3ccc(N(c4ccc5ccccc5c4)c4ccc5cc(-c6ccc(-c7ccc8ccccc8c7)cc6)ccc5c4)cc32)cc1. The number of fused-ring (bicyclic) bond motifs is 6. The van der Waals surface area contributed by atoms with Gasteiger partial charge in [-0.05, 0) is 121 Å². The van der Waals surface area contributed by atoms with E-state index in [1.54, 1.807) is 0 Å². The molecule has 0 unspecified atom stereocenters. The molecule has 0 atom stereocenters. The third kappa shape index (κ3) is 5.51. The fourth-order valence-corrected chi connectivity index (χ4v) is 8.49. The van der Waals surface area contributed by atoms with Crippen molar-refractivity contribution in [2.45, 2.75) is 0 Å². The van der Waals surface area contributed by atoms with Crippen LogP contribution in [0.25, 0.3) is 82.1 Å². The van der Waals surface area contributed by atoms with E-state index in [-0.39, 0.29) is 0 Å². The van der Waals surface area contributed by atoms with Crippen LogP contribution in [0.4, 0.5) is 17.1 Å². The highest BCUT2D eigenvalue weighted by atomic mass is 15.1. The molecule has 0 amide bonds. The van der Waals surface area contributed by atoms with Gasteiger partial charge in [-0.3, -0.25) is 0 Å². The van der Waals surface area contributed by atoms with E-state index >= 15 is 0 Å². The maximum atomic E-state index is 2.40. The van der Waals surface area contributed by atoms with Crippen molar-refractivity contribution in [1.82, 2.24) is 4.57 Å². The van der Waals surface area contributed by atoms with Crippen molar-refractivity contribution in [1.29, 1.82) is 0 Å². The summed E-state index contributed by atoms with van der Waals surface area (Å²) in [4.78, 5) is 2.40.